The first kappa shape index (κ1) is 8.82. The molecule has 0 aromatic carbocycles. The highest BCUT2D eigenvalue weighted by molar-refractivity contribution is 5.71. The molecule has 0 aromatic heterocycles. The summed E-state index contributed by atoms with van der Waals surface area (Å²) in [5, 5.41) is 6.06. The lowest BCUT2D eigenvalue weighted by atomic mass is 11.1. The van der Waals surface area contributed by atoms with E-state index in [0.717, 1.165) is 0 Å². The van der Waals surface area contributed by atoms with Crippen molar-refractivity contribution < 1.29 is 12.4 Å². The molecule has 0 saturated heterocycles. The number of hydrogen-bond acceptors (Lipinski definition) is 1. The summed E-state index contributed by atoms with van der Waals surface area (Å²) in [6, 6.07) is 0. The third kappa shape index (κ3) is 44.8. The zero-order chi connectivity index (χ0) is 3.58. The Morgan fingerprint density at radius 2 is 1.40 bits per heavy atom. The van der Waals surface area contributed by atoms with Crippen molar-refractivity contribution in [2.24, 2.45) is 11.5 Å². The topological polar surface area (TPSA) is 75.9 Å². The summed E-state index contributed by atoms with van der Waals surface area (Å²) in [7, 11) is 0. The maximum atomic E-state index is 6.06. The summed E-state index contributed by atoms with van der Waals surface area (Å²) in [6.07, 6.45) is 0. The van der Waals surface area contributed by atoms with Crippen molar-refractivity contribution in [1.29, 1.82) is 5.41 Å². The second kappa shape index (κ2) is 3.56. The first-order valence-electron chi connectivity index (χ1n) is 0.827. The monoisotopic (exact) mass is 96.0 g/mol. The maximum Gasteiger partial charge on any atom is 0.183 e. The van der Waals surface area contributed by atoms with Crippen LogP contribution in [0.25, 0.3) is 0 Å². The molecule has 0 fully saturated rings. The molecule has 0 aromatic rings. The zero-order valence-electron chi connectivity index (χ0n) is 2.60. The van der Waals surface area contributed by atoms with Crippen LogP contribution in [0.2, 0.25) is 0 Å². The summed E-state index contributed by atoms with van der Waals surface area (Å²) in [5.74, 6) is -0.333. The van der Waals surface area contributed by atoms with E-state index in [1.54, 1.807) is 0 Å². The number of hydrogen-bond donors (Lipinski definition) is 3. The van der Waals surface area contributed by atoms with Gasteiger partial charge in [0.25, 0.3) is 0 Å². The van der Waals surface area contributed by atoms with E-state index in [0.29, 0.717) is 0 Å². The molecular weight excluding hydrogens is 89.5 g/mol. The van der Waals surface area contributed by atoms with Crippen LogP contribution in [-0.4, -0.2) is 5.96 Å². The predicted octanol–water partition coefficient (Wildman–Crippen LogP) is -1.70. The molecule has 0 heterocycles. The number of rotatable bonds is 0. The Hall–Kier alpha value is -0.440. The first-order valence-corrected chi connectivity index (χ1v) is 0.827. The van der Waals surface area contributed by atoms with E-state index in [-0.39, 0.29) is 18.4 Å². The predicted molar refractivity (Wildman–Crippen MR) is 18.9 cm³/mol. The lowest BCUT2D eigenvalue weighted by Crippen LogP contribution is -2.20. The molecule has 5 heavy (non-hydrogen) atoms. The third-order valence-corrected chi connectivity index (χ3v) is 0. The highest BCUT2D eigenvalue weighted by Crippen LogP contribution is 1.13. The highest BCUT2D eigenvalue weighted by Gasteiger charge is 1.52. The van der Waals surface area contributed by atoms with E-state index in [1.165, 1.54) is 0 Å². The van der Waals surface area contributed by atoms with Crippen molar-refractivity contribution in [3.8, 4) is 0 Å². The molecule has 0 radical (unpaired) electrons. The first-order chi connectivity index (χ1) is 1.73. The molecule has 3 nitrogen and oxygen atoms in total. The molecule has 0 aliphatic heterocycles. The minimum absolute atomic E-state index is 0. The number of guanidine groups is 1. The van der Waals surface area contributed by atoms with Gasteiger partial charge in [0.2, 0.25) is 0 Å². The fourth-order valence-electron chi connectivity index (χ4n) is 0. The molecule has 5 N–H and O–H groups in total. The van der Waals surface area contributed by atoms with E-state index in [4.69, 9.17) is 5.41 Å². The van der Waals surface area contributed by atoms with Crippen molar-refractivity contribution in [1.82, 2.24) is 0 Å². The minimum Gasteiger partial charge on any atom is -0.370 e. The number of nitrogens with one attached hydrogen (secondary N) is 1. The van der Waals surface area contributed by atoms with Crippen molar-refractivity contribution in [3.63, 3.8) is 0 Å². The smallest absolute Gasteiger partial charge is 0.183 e. The normalized spacial score (nSPS) is 4.80. The van der Waals surface area contributed by atoms with Crippen molar-refractivity contribution in [2.75, 3.05) is 0 Å². The van der Waals surface area contributed by atoms with Gasteiger partial charge in [0, 0.05) is 0 Å². The molecule has 0 spiro atoms. The molecule has 0 rings (SSSR count). The van der Waals surface area contributed by atoms with E-state index in [1.807, 2.05) is 0 Å². The van der Waals surface area contributed by atoms with Gasteiger partial charge in [-0.2, -0.15) is 0 Å². The molecule has 0 bridgehead atoms. The van der Waals surface area contributed by atoms with Gasteiger partial charge in [0.15, 0.2) is 5.96 Å². The molecule has 0 amide bonds. The second-order valence-electron chi connectivity index (χ2n) is 0.455. The molecule has 0 aliphatic rings. The van der Waals surface area contributed by atoms with Crippen LogP contribution in [0.1, 0.15) is 0 Å². The summed E-state index contributed by atoms with van der Waals surface area (Å²) in [5.41, 5.74) is 8.94. The largest absolute Gasteiger partial charge is 0.370 e. The Kier molecular flexibility index (Phi) is 6.28. The quantitative estimate of drug-likeness (QED) is 0.248. The Bertz CT molecular complexity index is 29.9. The van der Waals surface area contributed by atoms with Crippen LogP contribution in [0.3, 0.4) is 0 Å². The SMILES string of the molecule is N=C(N)N.[ClH2+]. The molecule has 4 heteroatoms. The summed E-state index contributed by atoms with van der Waals surface area (Å²) in [4.78, 5) is 0. The standard InChI is InChI=1S/CH5N3.ClH2/c2-1(3)4;/h(H5,2,3,4);1H2/q;+1. The van der Waals surface area contributed by atoms with Crippen molar-refractivity contribution in [3.05, 3.63) is 0 Å². The maximum absolute atomic E-state index is 6.06. The Labute approximate surface area is 36.3 Å². The average Bonchev–Trinajstić information content (AvgIpc) is 0.811. The third-order valence-electron chi connectivity index (χ3n) is 0. The summed E-state index contributed by atoms with van der Waals surface area (Å²) < 4.78 is 0. The van der Waals surface area contributed by atoms with E-state index < -0.39 is 0 Å². The number of halogens is 1. The summed E-state index contributed by atoms with van der Waals surface area (Å²) >= 11 is 0. The fraction of sp³-hybridized carbons (Fsp3) is 0. The van der Waals surface area contributed by atoms with Gasteiger partial charge in [-0.15, -0.1) is 0 Å². The molecule has 0 saturated carbocycles. The van der Waals surface area contributed by atoms with Crippen molar-refractivity contribution in [2.45, 2.75) is 0 Å². The zero-order valence-corrected chi connectivity index (χ0v) is 3.50. The van der Waals surface area contributed by atoms with Crippen molar-refractivity contribution >= 4 is 5.96 Å². The highest BCUT2D eigenvalue weighted by atomic mass is 35.5. The van der Waals surface area contributed by atoms with Gasteiger partial charge in [0.1, 0.15) is 0 Å². The van der Waals surface area contributed by atoms with Gasteiger partial charge in [-0.3, -0.25) is 5.41 Å². The summed E-state index contributed by atoms with van der Waals surface area (Å²) in [6.45, 7) is 0. The van der Waals surface area contributed by atoms with Gasteiger partial charge in [0.05, 0.1) is 12.4 Å². The molecule has 0 unspecified atom stereocenters. The Morgan fingerprint density at radius 1 is 1.40 bits per heavy atom. The van der Waals surface area contributed by atoms with E-state index in [9.17, 15) is 0 Å². The fourth-order valence-corrected chi connectivity index (χ4v) is 0. The lowest BCUT2D eigenvalue weighted by Gasteiger charge is -1.69. The van der Waals surface area contributed by atoms with Crippen LogP contribution >= 0.6 is 0 Å². The molecule has 0 aliphatic carbocycles. The molecule has 32 valence electrons. The van der Waals surface area contributed by atoms with Gasteiger partial charge in [-0.25, -0.2) is 0 Å². The molecular formula is CH7ClN3+. The second-order valence-corrected chi connectivity index (χ2v) is 0.455. The van der Waals surface area contributed by atoms with E-state index in [2.05, 4.69) is 11.5 Å². The van der Waals surface area contributed by atoms with Gasteiger partial charge >= 0.3 is 0 Å². The van der Waals surface area contributed by atoms with Crippen LogP contribution < -0.4 is 11.5 Å². The average molecular weight is 96.5 g/mol. The van der Waals surface area contributed by atoms with Crippen LogP contribution in [0.5, 0.6) is 0 Å². The van der Waals surface area contributed by atoms with Crippen LogP contribution in [0, 0.1) is 17.8 Å². The number of nitrogens with two attached hydrogens (primary N) is 2. The Morgan fingerprint density at radius 3 is 1.40 bits per heavy atom. The van der Waals surface area contributed by atoms with Gasteiger partial charge in [-0.05, 0) is 0 Å². The van der Waals surface area contributed by atoms with Crippen LogP contribution in [-0.2, 0) is 0 Å². The Balaban J connectivity index is 0. The van der Waals surface area contributed by atoms with E-state index >= 15 is 0 Å². The minimum atomic E-state index is -0.333. The van der Waals surface area contributed by atoms with Gasteiger partial charge in [-0.1, -0.05) is 0 Å². The molecule has 0 atom stereocenters. The lowest BCUT2D eigenvalue weighted by molar-refractivity contribution is -0.00000147. The van der Waals surface area contributed by atoms with Gasteiger partial charge < -0.3 is 11.5 Å². The van der Waals surface area contributed by atoms with Crippen LogP contribution in [0.4, 0.5) is 0 Å². The van der Waals surface area contributed by atoms with Crippen LogP contribution in [0.15, 0.2) is 0 Å².